The molecule has 0 bridgehead atoms. The van der Waals surface area contributed by atoms with Crippen molar-refractivity contribution in [2.75, 3.05) is 49.8 Å². The maximum atomic E-state index is 13.9. The van der Waals surface area contributed by atoms with Crippen molar-refractivity contribution in [2.24, 2.45) is 0 Å². The molecule has 6 aromatic rings. The van der Waals surface area contributed by atoms with Crippen LogP contribution in [-0.4, -0.2) is 79.8 Å². The molecule has 0 unspecified atom stereocenters. The van der Waals surface area contributed by atoms with E-state index in [4.69, 9.17) is 43.1 Å². The van der Waals surface area contributed by atoms with Crippen LogP contribution in [0.15, 0.2) is 72.8 Å². The van der Waals surface area contributed by atoms with Crippen molar-refractivity contribution in [1.29, 1.82) is 0 Å². The second-order valence-corrected chi connectivity index (χ2v) is 11.3. The van der Waals surface area contributed by atoms with E-state index in [1.165, 1.54) is 37.5 Å². The first-order valence-electron chi connectivity index (χ1n) is 15.1. The molecule has 0 atom stereocenters. The minimum absolute atomic E-state index is 0.281. The zero-order valence-electron chi connectivity index (χ0n) is 28.3. The van der Waals surface area contributed by atoms with E-state index in [-0.39, 0.29) is 11.7 Å². The smallest absolute Gasteiger partial charge is 0.280 e. The number of nitrogens with zero attached hydrogens (tertiary/aromatic N) is 5. The molecule has 6 rings (SSSR count). The van der Waals surface area contributed by atoms with Gasteiger partial charge in [0, 0.05) is 27.8 Å². The summed E-state index contributed by atoms with van der Waals surface area (Å²) < 4.78 is 44.2. The van der Waals surface area contributed by atoms with Gasteiger partial charge >= 0.3 is 0 Å². The molecule has 0 aliphatic rings. The average Bonchev–Trinajstić information content (AvgIpc) is 3.85. The van der Waals surface area contributed by atoms with Gasteiger partial charge in [0.2, 0.25) is 11.5 Å². The number of hydrogen-bond acceptors (Lipinski definition) is 13. The van der Waals surface area contributed by atoms with Gasteiger partial charge in [0.1, 0.15) is 10.8 Å². The lowest BCUT2D eigenvalue weighted by Gasteiger charge is -2.14. The van der Waals surface area contributed by atoms with Crippen LogP contribution in [0.2, 0.25) is 0 Å². The molecule has 50 heavy (non-hydrogen) atoms. The Hall–Kier alpha value is -6.15. The second-order valence-electron chi connectivity index (χ2n) is 10.5. The van der Waals surface area contributed by atoms with Crippen molar-refractivity contribution in [2.45, 2.75) is 0 Å². The average molecular weight is 696 g/mol. The number of rotatable bonds is 12. The Balaban J connectivity index is 1.37. The van der Waals surface area contributed by atoms with Gasteiger partial charge in [0.05, 0.1) is 49.8 Å². The minimum Gasteiger partial charge on any atom is -0.497 e. The number of methoxy groups -OCH3 is 7. The highest BCUT2D eigenvalue weighted by Crippen LogP contribution is 2.42. The first kappa shape index (κ1) is 33.7. The number of aromatic nitrogens is 5. The Morgan fingerprint density at radius 1 is 0.560 bits per heavy atom. The van der Waals surface area contributed by atoms with Crippen LogP contribution >= 0.6 is 11.5 Å². The molecule has 0 spiro atoms. The van der Waals surface area contributed by atoms with Crippen LogP contribution in [0, 0.1) is 0 Å². The number of hydrogen-bond donors (Lipinski definition) is 0. The Labute approximate surface area is 292 Å². The zero-order chi connectivity index (χ0) is 35.4. The van der Waals surface area contributed by atoms with Gasteiger partial charge in [-0.25, -0.2) is 9.97 Å². The molecule has 0 radical (unpaired) electrons. The monoisotopic (exact) mass is 695 g/mol. The largest absolute Gasteiger partial charge is 0.497 e. The van der Waals surface area contributed by atoms with Gasteiger partial charge in [-0.05, 0) is 60.1 Å². The van der Waals surface area contributed by atoms with Gasteiger partial charge in [0.15, 0.2) is 40.5 Å². The molecule has 0 fully saturated rings. The van der Waals surface area contributed by atoms with E-state index >= 15 is 0 Å². The van der Waals surface area contributed by atoms with Crippen molar-refractivity contribution in [3.8, 4) is 85.0 Å². The van der Waals surface area contributed by atoms with E-state index in [0.717, 1.165) is 5.56 Å². The molecule has 0 saturated carbocycles. The molecular formula is C36H33N5O8S. The number of carbonyl (C=O) groups excluding carboxylic acids is 1. The zero-order valence-corrected chi connectivity index (χ0v) is 29.2. The fourth-order valence-corrected chi connectivity index (χ4v) is 5.95. The maximum Gasteiger partial charge on any atom is 0.280 e. The van der Waals surface area contributed by atoms with Gasteiger partial charge in [-0.15, -0.1) is 5.10 Å². The Bertz CT molecular complexity index is 2100. The summed E-state index contributed by atoms with van der Waals surface area (Å²) in [5.74, 6) is 4.08. The summed E-state index contributed by atoms with van der Waals surface area (Å²) in [7, 11) is 10.8. The third-order valence-corrected chi connectivity index (χ3v) is 8.56. The third kappa shape index (κ3) is 6.35. The number of carbonyl (C=O) groups is 1. The van der Waals surface area contributed by atoms with Gasteiger partial charge < -0.3 is 33.2 Å². The van der Waals surface area contributed by atoms with Gasteiger partial charge in [-0.1, -0.05) is 24.3 Å². The quantitative estimate of drug-likeness (QED) is 0.137. The molecular weight excluding hydrogens is 662 g/mol. The second kappa shape index (κ2) is 14.5. The third-order valence-electron chi connectivity index (χ3n) is 7.80. The van der Waals surface area contributed by atoms with E-state index in [1.54, 1.807) is 77.0 Å². The van der Waals surface area contributed by atoms with Crippen LogP contribution in [-0.2, 0) is 0 Å². The predicted molar refractivity (Wildman–Crippen MR) is 187 cm³/mol. The van der Waals surface area contributed by atoms with Crippen LogP contribution in [0.3, 0.4) is 0 Å². The summed E-state index contributed by atoms with van der Waals surface area (Å²) >= 11 is 1.26. The summed E-state index contributed by atoms with van der Waals surface area (Å²) in [5, 5.41) is 5.38. The molecule has 2 aromatic heterocycles. The topological polar surface area (TPSA) is 138 Å². The summed E-state index contributed by atoms with van der Waals surface area (Å²) in [6, 6.07) is 21.4. The maximum absolute atomic E-state index is 13.9. The SMILES string of the molecule is COc1ccc(C(=O)n2nc(-c3ccc(-c4nc(-c5cc(OC)c(OC)c(OC)c5)ns4)cc3)nc2-c2cc(OC)c(OC)c(OC)c2)cc1. The highest BCUT2D eigenvalue weighted by atomic mass is 32.1. The summed E-state index contributed by atoms with van der Waals surface area (Å²) in [4.78, 5) is 23.5. The van der Waals surface area contributed by atoms with E-state index < -0.39 is 0 Å². The highest BCUT2D eigenvalue weighted by Gasteiger charge is 2.24. The lowest BCUT2D eigenvalue weighted by molar-refractivity contribution is 0.0947. The molecule has 256 valence electrons. The van der Waals surface area contributed by atoms with Crippen molar-refractivity contribution in [1.82, 2.24) is 24.1 Å². The molecule has 2 heterocycles. The number of benzene rings is 4. The van der Waals surface area contributed by atoms with Crippen molar-refractivity contribution in [3.63, 3.8) is 0 Å². The molecule has 0 aliphatic heterocycles. The van der Waals surface area contributed by atoms with Crippen LogP contribution < -0.4 is 33.2 Å². The standard InChI is InChI=1S/C36H33N5O8S/c1-43-25-14-12-22(13-15-25)36(42)41-34(24-18-28(46-4)31(49-7)29(19-24)47-5)37-32(39-41)20-8-10-21(11-9-20)35-38-33(40-50-35)23-16-26(44-2)30(48-6)27(17-23)45-3/h8-19H,1-7H3. The first-order chi connectivity index (χ1) is 24.3. The molecule has 13 nitrogen and oxygen atoms in total. The van der Waals surface area contributed by atoms with Gasteiger partial charge in [0.25, 0.3) is 5.91 Å². The summed E-state index contributed by atoms with van der Waals surface area (Å²) in [6.45, 7) is 0. The molecule has 0 N–H and O–H groups in total. The van der Waals surface area contributed by atoms with E-state index in [0.29, 0.717) is 79.2 Å². The lowest BCUT2D eigenvalue weighted by Crippen LogP contribution is -2.15. The van der Waals surface area contributed by atoms with Crippen molar-refractivity contribution in [3.05, 3.63) is 78.4 Å². The molecule has 0 saturated heterocycles. The van der Waals surface area contributed by atoms with Crippen LogP contribution in [0.5, 0.6) is 40.2 Å². The van der Waals surface area contributed by atoms with Gasteiger partial charge in [-0.2, -0.15) is 9.06 Å². The fraction of sp³-hybridized carbons (Fsp3) is 0.194. The normalized spacial score (nSPS) is 10.8. The highest BCUT2D eigenvalue weighted by molar-refractivity contribution is 7.09. The Morgan fingerprint density at radius 2 is 1.08 bits per heavy atom. The predicted octanol–water partition coefficient (Wildman–Crippen LogP) is 6.55. The Kier molecular flexibility index (Phi) is 9.81. The lowest BCUT2D eigenvalue weighted by atomic mass is 10.1. The van der Waals surface area contributed by atoms with Crippen LogP contribution in [0.1, 0.15) is 10.4 Å². The Morgan fingerprint density at radius 3 is 1.58 bits per heavy atom. The molecule has 4 aromatic carbocycles. The number of ether oxygens (including phenoxy) is 7. The van der Waals surface area contributed by atoms with Gasteiger partial charge in [-0.3, -0.25) is 4.79 Å². The fourth-order valence-electron chi connectivity index (χ4n) is 5.26. The van der Waals surface area contributed by atoms with Crippen molar-refractivity contribution < 1.29 is 38.0 Å². The summed E-state index contributed by atoms with van der Waals surface area (Å²) in [5.41, 5.74) is 3.16. The van der Waals surface area contributed by atoms with E-state index in [2.05, 4.69) is 9.47 Å². The van der Waals surface area contributed by atoms with Crippen LogP contribution in [0.25, 0.3) is 44.7 Å². The van der Waals surface area contributed by atoms with E-state index in [9.17, 15) is 4.79 Å². The molecule has 0 aliphatic carbocycles. The summed E-state index contributed by atoms with van der Waals surface area (Å²) in [6.07, 6.45) is 0. The molecule has 0 amide bonds. The minimum atomic E-state index is -0.389. The van der Waals surface area contributed by atoms with E-state index in [1.807, 2.05) is 24.3 Å². The first-order valence-corrected chi connectivity index (χ1v) is 15.8. The van der Waals surface area contributed by atoms with Crippen molar-refractivity contribution >= 4 is 17.4 Å². The molecule has 14 heteroatoms. The van der Waals surface area contributed by atoms with Crippen LogP contribution in [0.4, 0.5) is 0 Å².